The quantitative estimate of drug-likeness (QED) is 0.767. The molecule has 7 heteroatoms. The minimum atomic E-state index is 0.417. The molecule has 6 nitrogen and oxygen atoms in total. The first kappa shape index (κ1) is 15.5. The highest BCUT2D eigenvalue weighted by Gasteiger charge is 2.03. The maximum atomic E-state index is 6.09. The van der Waals surface area contributed by atoms with Crippen molar-refractivity contribution in [1.82, 2.24) is 20.1 Å². The Hall–Kier alpha value is -1.92. The van der Waals surface area contributed by atoms with Crippen LogP contribution in [0.3, 0.4) is 0 Å². The number of para-hydroxylation sites is 1. The molecule has 0 unspecified atom stereocenters. The highest BCUT2D eigenvalue weighted by Crippen LogP contribution is 2.23. The molecule has 2 rings (SSSR count). The molecule has 0 atom stereocenters. The minimum absolute atomic E-state index is 0.417. The molecule has 0 fully saturated rings. The zero-order valence-electron chi connectivity index (χ0n) is 12.2. The lowest BCUT2D eigenvalue weighted by Crippen LogP contribution is -2.17. The molecule has 0 aliphatic heterocycles. The molecule has 0 aliphatic rings. The number of rotatable bonds is 7. The van der Waals surface area contributed by atoms with E-state index in [0.29, 0.717) is 16.8 Å². The van der Waals surface area contributed by atoms with Gasteiger partial charge in [-0.15, -0.1) is 5.10 Å². The molecule has 1 aromatic carbocycles. The van der Waals surface area contributed by atoms with Crippen molar-refractivity contribution in [2.45, 2.75) is 6.42 Å². The van der Waals surface area contributed by atoms with Crippen molar-refractivity contribution in [1.29, 1.82) is 0 Å². The van der Waals surface area contributed by atoms with E-state index in [9.17, 15) is 0 Å². The van der Waals surface area contributed by atoms with Crippen molar-refractivity contribution in [3.8, 4) is 0 Å². The van der Waals surface area contributed by atoms with Gasteiger partial charge in [-0.05, 0) is 39.2 Å². The van der Waals surface area contributed by atoms with Gasteiger partial charge >= 0.3 is 0 Å². The third kappa shape index (κ3) is 5.17. The van der Waals surface area contributed by atoms with Crippen molar-refractivity contribution in [3.05, 3.63) is 35.5 Å². The van der Waals surface area contributed by atoms with Gasteiger partial charge in [-0.3, -0.25) is 0 Å². The van der Waals surface area contributed by atoms with Gasteiger partial charge < -0.3 is 15.5 Å². The van der Waals surface area contributed by atoms with E-state index in [1.807, 2.05) is 18.2 Å². The average Bonchev–Trinajstić information content (AvgIpc) is 2.46. The van der Waals surface area contributed by atoms with Crippen LogP contribution in [-0.2, 0) is 0 Å². The van der Waals surface area contributed by atoms with E-state index in [1.165, 1.54) is 0 Å². The fourth-order valence-corrected chi connectivity index (χ4v) is 1.92. The second-order valence-electron chi connectivity index (χ2n) is 4.85. The summed E-state index contributed by atoms with van der Waals surface area (Å²) in [6.45, 7) is 1.86. The third-order valence-corrected chi connectivity index (χ3v) is 3.10. The third-order valence-electron chi connectivity index (χ3n) is 2.77. The SMILES string of the molecule is CN(C)CCCNc1cnnc(Nc2ccccc2Cl)n1. The van der Waals surface area contributed by atoms with E-state index >= 15 is 0 Å². The molecule has 0 spiro atoms. The first-order valence-corrected chi connectivity index (χ1v) is 7.13. The fraction of sp³-hybridized carbons (Fsp3) is 0.357. The lowest BCUT2D eigenvalue weighted by molar-refractivity contribution is 0.405. The predicted molar refractivity (Wildman–Crippen MR) is 86.2 cm³/mol. The molecule has 21 heavy (non-hydrogen) atoms. The summed E-state index contributed by atoms with van der Waals surface area (Å²) in [7, 11) is 4.11. The number of halogens is 1. The Morgan fingerprint density at radius 2 is 2.05 bits per heavy atom. The second-order valence-corrected chi connectivity index (χ2v) is 5.26. The number of hydrogen-bond donors (Lipinski definition) is 2. The lowest BCUT2D eigenvalue weighted by atomic mass is 10.3. The van der Waals surface area contributed by atoms with Crippen LogP contribution in [0.5, 0.6) is 0 Å². The van der Waals surface area contributed by atoms with Crippen molar-refractivity contribution in [2.75, 3.05) is 37.8 Å². The Morgan fingerprint density at radius 3 is 2.81 bits per heavy atom. The summed E-state index contributed by atoms with van der Waals surface area (Å²) >= 11 is 6.09. The van der Waals surface area contributed by atoms with E-state index in [4.69, 9.17) is 11.6 Å². The average molecular weight is 307 g/mol. The van der Waals surface area contributed by atoms with Gasteiger partial charge in [0, 0.05) is 6.54 Å². The molecule has 2 N–H and O–H groups in total. The maximum absolute atomic E-state index is 6.09. The summed E-state index contributed by atoms with van der Waals surface area (Å²) < 4.78 is 0. The standard InChI is InChI=1S/C14H19ClN6/c1-21(2)9-5-8-16-13-10-17-20-14(19-13)18-12-7-4-3-6-11(12)15/h3-4,6-7,10H,5,8-9H2,1-2H3,(H2,16,18,19,20). The second kappa shape index (κ2) is 7.75. The molecule has 1 aromatic heterocycles. The molecular formula is C14H19ClN6. The molecule has 0 aliphatic carbocycles. The summed E-state index contributed by atoms with van der Waals surface area (Å²) in [4.78, 5) is 6.50. The van der Waals surface area contributed by atoms with Crippen LogP contribution in [0.15, 0.2) is 30.5 Å². The zero-order chi connectivity index (χ0) is 15.1. The minimum Gasteiger partial charge on any atom is -0.369 e. The van der Waals surface area contributed by atoms with Crippen LogP contribution in [0.25, 0.3) is 0 Å². The Labute approximate surface area is 129 Å². The lowest BCUT2D eigenvalue weighted by Gasteiger charge is -2.10. The van der Waals surface area contributed by atoms with Gasteiger partial charge in [0.1, 0.15) is 0 Å². The van der Waals surface area contributed by atoms with Crippen molar-refractivity contribution in [2.24, 2.45) is 0 Å². The van der Waals surface area contributed by atoms with Crippen LogP contribution in [0.4, 0.5) is 17.5 Å². The normalized spacial score (nSPS) is 10.7. The van der Waals surface area contributed by atoms with Gasteiger partial charge in [0.15, 0.2) is 5.82 Å². The van der Waals surface area contributed by atoms with Crippen LogP contribution >= 0.6 is 11.6 Å². The van der Waals surface area contributed by atoms with Crippen LogP contribution in [0, 0.1) is 0 Å². The van der Waals surface area contributed by atoms with Crippen LogP contribution in [-0.4, -0.2) is 47.3 Å². The van der Waals surface area contributed by atoms with Gasteiger partial charge in [0.2, 0.25) is 5.95 Å². The zero-order valence-corrected chi connectivity index (χ0v) is 12.9. The fourth-order valence-electron chi connectivity index (χ4n) is 1.74. The van der Waals surface area contributed by atoms with Crippen LogP contribution < -0.4 is 10.6 Å². The monoisotopic (exact) mass is 306 g/mol. The summed E-state index contributed by atoms with van der Waals surface area (Å²) in [5.41, 5.74) is 0.755. The summed E-state index contributed by atoms with van der Waals surface area (Å²) in [5, 5.41) is 14.8. The van der Waals surface area contributed by atoms with E-state index < -0.39 is 0 Å². The van der Waals surface area contributed by atoms with Gasteiger partial charge in [-0.2, -0.15) is 10.1 Å². The highest BCUT2D eigenvalue weighted by molar-refractivity contribution is 6.33. The van der Waals surface area contributed by atoms with E-state index in [-0.39, 0.29) is 0 Å². The summed E-state index contributed by atoms with van der Waals surface area (Å²) in [6, 6.07) is 7.43. The number of hydrogen-bond acceptors (Lipinski definition) is 6. The van der Waals surface area contributed by atoms with Crippen molar-refractivity contribution in [3.63, 3.8) is 0 Å². The maximum Gasteiger partial charge on any atom is 0.249 e. The molecule has 0 bridgehead atoms. The Bertz CT molecular complexity index is 575. The predicted octanol–water partition coefficient (Wildman–Crippen LogP) is 2.63. The molecule has 0 amide bonds. The highest BCUT2D eigenvalue weighted by atomic mass is 35.5. The van der Waals surface area contributed by atoms with Gasteiger partial charge in [-0.1, -0.05) is 23.7 Å². The van der Waals surface area contributed by atoms with Gasteiger partial charge in [0.25, 0.3) is 0 Å². The topological polar surface area (TPSA) is 66.0 Å². The molecule has 0 radical (unpaired) electrons. The molecule has 0 saturated carbocycles. The first-order chi connectivity index (χ1) is 10.1. The molecule has 0 saturated heterocycles. The molecule has 112 valence electrons. The number of nitrogens with one attached hydrogen (secondary N) is 2. The van der Waals surface area contributed by atoms with Crippen molar-refractivity contribution >= 4 is 29.1 Å². The number of benzene rings is 1. The number of aromatic nitrogens is 3. The summed E-state index contributed by atoms with van der Waals surface area (Å²) in [5.74, 6) is 1.11. The van der Waals surface area contributed by atoms with E-state index in [2.05, 4.69) is 44.8 Å². The first-order valence-electron chi connectivity index (χ1n) is 6.75. The molecule has 2 aromatic rings. The molecular weight excluding hydrogens is 288 g/mol. The Kier molecular flexibility index (Phi) is 5.71. The number of anilines is 3. The smallest absolute Gasteiger partial charge is 0.249 e. The number of nitrogens with zero attached hydrogens (tertiary/aromatic N) is 4. The van der Waals surface area contributed by atoms with Crippen molar-refractivity contribution < 1.29 is 0 Å². The largest absolute Gasteiger partial charge is 0.369 e. The summed E-state index contributed by atoms with van der Waals surface area (Å²) in [6.07, 6.45) is 2.64. The van der Waals surface area contributed by atoms with Crippen LogP contribution in [0.2, 0.25) is 5.02 Å². The van der Waals surface area contributed by atoms with Gasteiger partial charge in [0.05, 0.1) is 16.9 Å². The van der Waals surface area contributed by atoms with E-state index in [0.717, 1.165) is 25.2 Å². The Morgan fingerprint density at radius 1 is 1.24 bits per heavy atom. The van der Waals surface area contributed by atoms with Gasteiger partial charge in [-0.25, -0.2) is 0 Å². The Balaban J connectivity index is 1.93. The molecule has 1 heterocycles. The van der Waals surface area contributed by atoms with E-state index in [1.54, 1.807) is 12.3 Å². The van der Waals surface area contributed by atoms with Crippen LogP contribution in [0.1, 0.15) is 6.42 Å².